The number of anilines is 1. The van der Waals surface area contributed by atoms with Gasteiger partial charge >= 0.3 is 0 Å². The van der Waals surface area contributed by atoms with Gasteiger partial charge in [0.2, 0.25) is 0 Å². The lowest BCUT2D eigenvalue weighted by Gasteiger charge is -2.04. The van der Waals surface area contributed by atoms with Gasteiger partial charge in [-0.2, -0.15) is 0 Å². The van der Waals surface area contributed by atoms with Gasteiger partial charge in [-0.25, -0.2) is 4.98 Å². The third-order valence-corrected chi connectivity index (χ3v) is 5.16. The Hall–Kier alpha value is -3.25. The number of nitrogens with one attached hydrogen (secondary N) is 1. The fraction of sp³-hybridized carbons (Fsp3) is 0.0500. The molecule has 0 spiro atoms. The van der Waals surface area contributed by atoms with Gasteiger partial charge in [0.15, 0.2) is 0 Å². The molecule has 0 aliphatic heterocycles. The summed E-state index contributed by atoms with van der Waals surface area (Å²) >= 11 is 1.31. The molecule has 1 aromatic carbocycles. The Morgan fingerprint density at radius 1 is 1.08 bits per heavy atom. The van der Waals surface area contributed by atoms with Crippen molar-refractivity contribution in [2.45, 2.75) is 6.54 Å². The Morgan fingerprint density at radius 3 is 2.69 bits per heavy atom. The molecule has 0 saturated carbocycles. The van der Waals surface area contributed by atoms with Gasteiger partial charge in [-0.3, -0.25) is 9.78 Å². The molecule has 4 aromatic rings. The summed E-state index contributed by atoms with van der Waals surface area (Å²) < 4.78 is 0. The van der Waals surface area contributed by atoms with Gasteiger partial charge in [-0.1, -0.05) is 36.4 Å². The van der Waals surface area contributed by atoms with Crippen molar-refractivity contribution in [3.8, 4) is 11.3 Å². The van der Waals surface area contributed by atoms with Crippen LogP contribution < -0.4 is 11.1 Å². The Balaban J connectivity index is 1.61. The van der Waals surface area contributed by atoms with Gasteiger partial charge in [0.1, 0.15) is 9.71 Å². The number of aromatic nitrogens is 2. The van der Waals surface area contributed by atoms with Crippen LogP contribution in [0.25, 0.3) is 21.5 Å². The van der Waals surface area contributed by atoms with Crippen LogP contribution >= 0.6 is 11.3 Å². The summed E-state index contributed by atoms with van der Waals surface area (Å²) in [6, 6.07) is 17.5. The lowest BCUT2D eigenvalue weighted by molar-refractivity contribution is 0.0956. The van der Waals surface area contributed by atoms with Gasteiger partial charge in [0.25, 0.3) is 5.91 Å². The Bertz CT molecular complexity index is 1060. The van der Waals surface area contributed by atoms with Crippen LogP contribution in [0.1, 0.15) is 15.2 Å². The first-order valence-electron chi connectivity index (χ1n) is 8.14. The number of amides is 1. The minimum Gasteiger partial charge on any atom is -0.397 e. The van der Waals surface area contributed by atoms with Crippen LogP contribution in [-0.4, -0.2) is 15.9 Å². The van der Waals surface area contributed by atoms with E-state index in [4.69, 9.17) is 5.73 Å². The number of hydrogen-bond acceptors (Lipinski definition) is 5. The van der Waals surface area contributed by atoms with Gasteiger partial charge in [0.05, 0.1) is 11.4 Å². The summed E-state index contributed by atoms with van der Waals surface area (Å²) in [7, 11) is 0. The molecule has 0 aliphatic carbocycles. The van der Waals surface area contributed by atoms with E-state index in [0.29, 0.717) is 17.1 Å². The zero-order valence-electron chi connectivity index (χ0n) is 13.8. The van der Waals surface area contributed by atoms with Gasteiger partial charge < -0.3 is 11.1 Å². The number of nitrogens with two attached hydrogens (primary N) is 1. The van der Waals surface area contributed by atoms with Gasteiger partial charge in [-0.15, -0.1) is 11.3 Å². The molecular formula is C20H16N4OS. The first-order valence-corrected chi connectivity index (χ1v) is 8.95. The molecule has 128 valence electrons. The lowest BCUT2D eigenvalue weighted by Crippen LogP contribution is -2.22. The van der Waals surface area contributed by atoms with Crippen molar-refractivity contribution >= 4 is 33.1 Å². The van der Waals surface area contributed by atoms with Crippen LogP contribution in [0.15, 0.2) is 67.0 Å². The predicted octanol–water partition coefficient (Wildman–Crippen LogP) is 3.87. The molecule has 1 amide bonds. The molecule has 0 unspecified atom stereocenters. The minimum absolute atomic E-state index is 0.199. The van der Waals surface area contributed by atoms with E-state index in [1.807, 2.05) is 54.6 Å². The molecule has 0 fully saturated rings. The number of hydrogen-bond donors (Lipinski definition) is 2. The average molecular weight is 360 g/mol. The van der Waals surface area contributed by atoms with E-state index < -0.39 is 0 Å². The van der Waals surface area contributed by atoms with Crippen molar-refractivity contribution in [2.24, 2.45) is 0 Å². The molecule has 0 bridgehead atoms. The first kappa shape index (κ1) is 16.2. The number of rotatable bonds is 4. The Labute approximate surface area is 154 Å². The fourth-order valence-electron chi connectivity index (χ4n) is 2.70. The second-order valence-electron chi connectivity index (χ2n) is 5.80. The maximum absolute atomic E-state index is 12.5. The van der Waals surface area contributed by atoms with Crippen molar-refractivity contribution < 1.29 is 4.79 Å². The normalized spacial score (nSPS) is 10.8. The molecule has 0 radical (unpaired) electrons. The van der Waals surface area contributed by atoms with Crippen molar-refractivity contribution in [1.29, 1.82) is 0 Å². The van der Waals surface area contributed by atoms with E-state index >= 15 is 0 Å². The summed E-state index contributed by atoms with van der Waals surface area (Å²) in [5.74, 6) is -0.199. The minimum atomic E-state index is -0.199. The molecule has 4 rings (SSSR count). The van der Waals surface area contributed by atoms with Crippen molar-refractivity contribution in [2.75, 3.05) is 5.73 Å². The second kappa shape index (κ2) is 6.93. The molecule has 26 heavy (non-hydrogen) atoms. The van der Waals surface area contributed by atoms with Gasteiger partial charge in [-0.05, 0) is 23.8 Å². The maximum Gasteiger partial charge on any atom is 0.263 e. The van der Waals surface area contributed by atoms with Crippen LogP contribution in [0.3, 0.4) is 0 Å². The number of benzene rings is 1. The average Bonchev–Trinajstić information content (AvgIpc) is 3.04. The summed E-state index contributed by atoms with van der Waals surface area (Å²) in [6.45, 7) is 0.406. The Morgan fingerprint density at radius 2 is 1.92 bits per heavy atom. The Kier molecular flexibility index (Phi) is 4.33. The number of pyridine rings is 2. The summed E-state index contributed by atoms with van der Waals surface area (Å²) in [6.07, 6.45) is 3.42. The van der Waals surface area contributed by atoms with E-state index in [2.05, 4.69) is 15.3 Å². The van der Waals surface area contributed by atoms with E-state index in [9.17, 15) is 4.79 Å². The highest BCUT2D eigenvalue weighted by Gasteiger charge is 2.17. The second-order valence-corrected chi connectivity index (χ2v) is 6.80. The zero-order valence-corrected chi connectivity index (χ0v) is 14.7. The molecule has 3 N–H and O–H groups in total. The number of thiophene rings is 1. The number of nitrogen functional groups attached to an aromatic ring is 1. The fourth-order valence-corrected chi connectivity index (χ4v) is 3.71. The third kappa shape index (κ3) is 3.14. The summed E-state index contributed by atoms with van der Waals surface area (Å²) in [5.41, 5.74) is 9.50. The van der Waals surface area contributed by atoms with Crippen LogP contribution in [0.5, 0.6) is 0 Å². The molecule has 0 atom stereocenters. The quantitative estimate of drug-likeness (QED) is 0.579. The largest absolute Gasteiger partial charge is 0.397 e. The predicted molar refractivity (Wildman–Crippen MR) is 105 cm³/mol. The highest BCUT2D eigenvalue weighted by Crippen LogP contribution is 2.34. The number of carbonyl (C=O) groups is 1. The van der Waals surface area contributed by atoms with E-state index in [1.54, 1.807) is 12.4 Å². The van der Waals surface area contributed by atoms with Gasteiger partial charge in [0, 0.05) is 29.9 Å². The van der Waals surface area contributed by atoms with Crippen molar-refractivity contribution in [1.82, 2.24) is 15.3 Å². The van der Waals surface area contributed by atoms with Crippen LogP contribution in [0.2, 0.25) is 0 Å². The van der Waals surface area contributed by atoms with E-state index in [-0.39, 0.29) is 5.91 Å². The van der Waals surface area contributed by atoms with E-state index in [0.717, 1.165) is 27.0 Å². The first-order chi connectivity index (χ1) is 12.7. The van der Waals surface area contributed by atoms with Crippen molar-refractivity contribution in [3.05, 3.63) is 77.4 Å². The van der Waals surface area contributed by atoms with Crippen LogP contribution in [0.4, 0.5) is 5.69 Å². The molecule has 3 heterocycles. The standard InChI is InChI=1S/C20H16N4OS/c21-17-15-8-9-16(14-6-2-1-3-7-14)24-20(15)26-18(17)19(25)23-12-13-5-4-10-22-11-13/h1-11H,12,21H2,(H,23,25). The summed E-state index contributed by atoms with van der Waals surface area (Å²) in [4.78, 5) is 22.5. The number of fused-ring (bicyclic) bond motifs is 1. The summed E-state index contributed by atoms with van der Waals surface area (Å²) in [5, 5.41) is 3.69. The molecule has 3 aromatic heterocycles. The lowest BCUT2D eigenvalue weighted by atomic mass is 10.1. The smallest absolute Gasteiger partial charge is 0.263 e. The number of nitrogens with zero attached hydrogens (tertiary/aromatic N) is 2. The molecule has 0 aliphatic rings. The van der Waals surface area contributed by atoms with E-state index in [1.165, 1.54) is 11.3 Å². The molecular weight excluding hydrogens is 344 g/mol. The maximum atomic E-state index is 12.5. The van der Waals surface area contributed by atoms with Crippen molar-refractivity contribution in [3.63, 3.8) is 0 Å². The topological polar surface area (TPSA) is 80.9 Å². The SMILES string of the molecule is Nc1c(C(=O)NCc2cccnc2)sc2nc(-c3ccccc3)ccc12. The molecule has 5 nitrogen and oxygen atoms in total. The number of carbonyl (C=O) groups excluding carboxylic acids is 1. The van der Waals surface area contributed by atoms with Crippen LogP contribution in [-0.2, 0) is 6.54 Å². The van der Waals surface area contributed by atoms with Crippen LogP contribution in [0, 0.1) is 0 Å². The third-order valence-electron chi connectivity index (χ3n) is 4.05. The monoisotopic (exact) mass is 360 g/mol. The molecule has 6 heteroatoms. The zero-order chi connectivity index (χ0) is 17.9. The highest BCUT2D eigenvalue weighted by atomic mass is 32.1. The highest BCUT2D eigenvalue weighted by molar-refractivity contribution is 7.21. The molecule has 0 saturated heterocycles.